The van der Waals surface area contributed by atoms with E-state index in [1.54, 1.807) is 12.1 Å². The number of hydrogen-bond donors (Lipinski definition) is 2. The highest BCUT2D eigenvalue weighted by molar-refractivity contribution is 6.31. The number of carboxylic acid groups (broad SMARTS) is 1. The van der Waals surface area contributed by atoms with Gasteiger partial charge in [0.1, 0.15) is 5.75 Å². The molecule has 15 heavy (non-hydrogen) atoms. The molecule has 0 radical (unpaired) electrons. The zero-order valence-electron chi connectivity index (χ0n) is 8.11. The van der Waals surface area contributed by atoms with E-state index in [9.17, 15) is 9.90 Å². The van der Waals surface area contributed by atoms with Gasteiger partial charge in [0.05, 0.1) is 0 Å². The number of aliphatic carboxylic acids is 1. The second kappa shape index (κ2) is 5.00. The minimum Gasteiger partial charge on any atom is -0.508 e. The number of aromatic hydroxyl groups is 1. The van der Waals surface area contributed by atoms with E-state index in [0.29, 0.717) is 10.6 Å². The van der Waals surface area contributed by atoms with Crippen LogP contribution in [0.1, 0.15) is 5.56 Å². The largest absolute Gasteiger partial charge is 0.508 e. The Balaban J connectivity index is 2.92. The number of carbonyl (C=O) groups is 1. The minimum atomic E-state index is -1.09. The summed E-state index contributed by atoms with van der Waals surface area (Å²) >= 11 is 5.83. The van der Waals surface area contributed by atoms with Crippen molar-refractivity contribution in [1.29, 1.82) is 0 Å². The van der Waals surface area contributed by atoms with Gasteiger partial charge in [0, 0.05) is 24.1 Å². The number of phenols is 1. The summed E-state index contributed by atoms with van der Waals surface area (Å²) in [4.78, 5) is 10.7. The zero-order valence-corrected chi connectivity index (χ0v) is 8.86. The number of benzene rings is 1. The molecular formula is C10H11ClO4. The van der Waals surface area contributed by atoms with E-state index in [-0.39, 0.29) is 12.2 Å². The fourth-order valence-electron chi connectivity index (χ4n) is 1.21. The Hall–Kier alpha value is -1.26. The molecule has 0 fully saturated rings. The number of ether oxygens (including phenoxy) is 1. The first-order chi connectivity index (χ1) is 7.06. The normalized spacial score (nSPS) is 12.4. The molecule has 5 heteroatoms. The van der Waals surface area contributed by atoms with Crippen molar-refractivity contribution in [3.05, 3.63) is 28.8 Å². The molecule has 0 aromatic heterocycles. The van der Waals surface area contributed by atoms with Crippen LogP contribution in [-0.2, 0) is 16.0 Å². The number of rotatable bonds is 4. The zero-order chi connectivity index (χ0) is 11.4. The van der Waals surface area contributed by atoms with E-state index in [4.69, 9.17) is 21.4 Å². The molecule has 0 heterocycles. The van der Waals surface area contributed by atoms with Gasteiger partial charge in [0.15, 0.2) is 6.10 Å². The summed E-state index contributed by atoms with van der Waals surface area (Å²) in [6, 6.07) is 4.63. The Labute approximate surface area is 92.1 Å². The molecule has 1 atom stereocenters. The van der Waals surface area contributed by atoms with Gasteiger partial charge in [-0.2, -0.15) is 0 Å². The molecule has 0 amide bonds. The Bertz CT molecular complexity index is 344. The Morgan fingerprint density at radius 3 is 2.73 bits per heavy atom. The molecule has 0 spiro atoms. The molecule has 4 nitrogen and oxygen atoms in total. The predicted octanol–water partition coefficient (Wildman–Crippen LogP) is 1.69. The van der Waals surface area contributed by atoms with E-state index >= 15 is 0 Å². The average Bonchev–Trinajstić information content (AvgIpc) is 2.17. The van der Waals surface area contributed by atoms with E-state index in [2.05, 4.69) is 0 Å². The minimum absolute atomic E-state index is 0.0224. The van der Waals surface area contributed by atoms with Crippen LogP contribution in [0, 0.1) is 0 Å². The first-order valence-electron chi connectivity index (χ1n) is 4.28. The molecule has 0 saturated carbocycles. The highest BCUT2D eigenvalue weighted by Gasteiger charge is 2.20. The third kappa shape index (κ3) is 2.84. The summed E-state index contributed by atoms with van der Waals surface area (Å²) < 4.78 is 4.76. The standard InChI is InChI=1S/C10H11ClO4/c1-15-9(10(13)14)5-6-7(11)3-2-4-8(6)12/h2-4,9,12H,5H2,1H3,(H,13,14). The summed E-state index contributed by atoms with van der Waals surface area (Å²) in [5.41, 5.74) is 0.383. The van der Waals surface area contributed by atoms with Crippen molar-refractivity contribution in [1.82, 2.24) is 0 Å². The first kappa shape index (κ1) is 11.8. The molecule has 1 rings (SSSR count). The number of halogens is 1. The maximum Gasteiger partial charge on any atom is 0.333 e. The highest BCUT2D eigenvalue weighted by Crippen LogP contribution is 2.26. The van der Waals surface area contributed by atoms with Crippen LogP contribution in [0.4, 0.5) is 0 Å². The summed E-state index contributed by atoms with van der Waals surface area (Å²) in [5, 5.41) is 18.6. The lowest BCUT2D eigenvalue weighted by Gasteiger charge is -2.12. The second-order valence-electron chi connectivity index (χ2n) is 3.00. The van der Waals surface area contributed by atoms with E-state index in [1.807, 2.05) is 0 Å². The van der Waals surface area contributed by atoms with Crippen LogP contribution in [-0.4, -0.2) is 29.4 Å². The van der Waals surface area contributed by atoms with Crippen LogP contribution in [0.5, 0.6) is 5.75 Å². The van der Waals surface area contributed by atoms with Crippen LogP contribution in [0.2, 0.25) is 5.02 Å². The number of hydrogen-bond acceptors (Lipinski definition) is 3. The Morgan fingerprint density at radius 1 is 1.60 bits per heavy atom. The smallest absolute Gasteiger partial charge is 0.333 e. The molecule has 1 unspecified atom stereocenters. The van der Waals surface area contributed by atoms with Gasteiger partial charge in [0.25, 0.3) is 0 Å². The molecule has 82 valence electrons. The summed E-state index contributed by atoms with van der Waals surface area (Å²) in [7, 11) is 1.30. The SMILES string of the molecule is COC(Cc1c(O)cccc1Cl)C(=O)O. The molecule has 0 aliphatic heterocycles. The molecular weight excluding hydrogens is 220 g/mol. The maximum absolute atomic E-state index is 10.7. The quantitative estimate of drug-likeness (QED) is 0.826. The van der Waals surface area contributed by atoms with E-state index in [0.717, 1.165) is 0 Å². The molecule has 0 aliphatic rings. The Kier molecular flexibility index (Phi) is 3.94. The van der Waals surface area contributed by atoms with E-state index in [1.165, 1.54) is 13.2 Å². The maximum atomic E-state index is 10.7. The van der Waals surface area contributed by atoms with Gasteiger partial charge in [0.2, 0.25) is 0 Å². The van der Waals surface area contributed by atoms with Crippen molar-refractivity contribution in [3.63, 3.8) is 0 Å². The van der Waals surface area contributed by atoms with Crippen molar-refractivity contribution in [2.24, 2.45) is 0 Å². The summed E-state index contributed by atoms with van der Waals surface area (Å²) in [6.07, 6.45) is -0.965. The third-order valence-corrected chi connectivity index (χ3v) is 2.40. The number of carboxylic acids is 1. The van der Waals surface area contributed by atoms with Gasteiger partial charge in [-0.15, -0.1) is 0 Å². The van der Waals surface area contributed by atoms with Crippen molar-refractivity contribution >= 4 is 17.6 Å². The lowest BCUT2D eigenvalue weighted by atomic mass is 10.1. The monoisotopic (exact) mass is 230 g/mol. The van der Waals surface area contributed by atoms with Crippen LogP contribution in [0.25, 0.3) is 0 Å². The van der Waals surface area contributed by atoms with Crippen molar-refractivity contribution in [2.45, 2.75) is 12.5 Å². The molecule has 0 saturated heterocycles. The third-order valence-electron chi connectivity index (χ3n) is 2.04. The van der Waals surface area contributed by atoms with Gasteiger partial charge in [-0.1, -0.05) is 17.7 Å². The number of methoxy groups -OCH3 is 1. The first-order valence-corrected chi connectivity index (χ1v) is 4.66. The van der Waals surface area contributed by atoms with Crippen molar-refractivity contribution in [3.8, 4) is 5.75 Å². The van der Waals surface area contributed by atoms with E-state index < -0.39 is 12.1 Å². The highest BCUT2D eigenvalue weighted by atomic mass is 35.5. The fourth-order valence-corrected chi connectivity index (χ4v) is 1.45. The lowest BCUT2D eigenvalue weighted by Crippen LogP contribution is -2.25. The fraction of sp³-hybridized carbons (Fsp3) is 0.300. The van der Waals surface area contributed by atoms with Gasteiger partial charge in [-0.25, -0.2) is 4.79 Å². The average molecular weight is 231 g/mol. The molecule has 0 bridgehead atoms. The van der Waals surface area contributed by atoms with Crippen LogP contribution >= 0.6 is 11.6 Å². The summed E-state index contributed by atoms with van der Waals surface area (Å²) in [5.74, 6) is -1.11. The number of phenolic OH excluding ortho intramolecular Hbond substituents is 1. The molecule has 1 aromatic carbocycles. The lowest BCUT2D eigenvalue weighted by molar-refractivity contribution is -0.148. The molecule has 1 aromatic rings. The van der Waals surface area contributed by atoms with Crippen LogP contribution in [0.3, 0.4) is 0 Å². The van der Waals surface area contributed by atoms with Gasteiger partial charge in [-0.05, 0) is 12.1 Å². The van der Waals surface area contributed by atoms with Crippen molar-refractivity contribution in [2.75, 3.05) is 7.11 Å². The predicted molar refractivity (Wildman–Crippen MR) is 55.3 cm³/mol. The van der Waals surface area contributed by atoms with Crippen LogP contribution < -0.4 is 0 Å². The van der Waals surface area contributed by atoms with Crippen LogP contribution in [0.15, 0.2) is 18.2 Å². The Morgan fingerprint density at radius 2 is 2.27 bits per heavy atom. The molecule has 2 N–H and O–H groups in total. The second-order valence-corrected chi connectivity index (χ2v) is 3.41. The summed E-state index contributed by atoms with van der Waals surface area (Å²) in [6.45, 7) is 0. The van der Waals surface area contributed by atoms with Gasteiger partial charge < -0.3 is 14.9 Å². The van der Waals surface area contributed by atoms with Crippen molar-refractivity contribution < 1.29 is 19.7 Å². The molecule has 0 aliphatic carbocycles. The topological polar surface area (TPSA) is 66.8 Å². The van der Waals surface area contributed by atoms with Gasteiger partial charge in [-0.3, -0.25) is 0 Å². The van der Waals surface area contributed by atoms with Gasteiger partial charge >= 0.3 is 5.97 Å².